The van der Waals surface area contributed by atoms with Gasteiger partial charge in [0, 0.05) is 55.6 Å². The summed E-state index contributed by atoms with van der Waals surface area (Å²) in [6, 6.07) is 20.7. The van der Waals surface area contributed by atoms with Crippen molar-refractivity contribution in [3.8, 4) is 45.7 Å². The quantitative estimate of drug-likeness (QED) is 0.165. The van der Waals surface area contributed by atoms with E-state index in [1.165, 1.54) is 7.11 Å². The van der Waals surface area contributed by atoms with Crippen molar-refractivity contribution < 1.29 is 23.8 Å². The fourth-order valence-corrected chi connectivity index (χ4v) is 7.91. The average molecular weight is 715 g/mol. The summed E-state index contributed by atoms with van der Waals surface area (Å²) in [6.45, 7) is 9.20. The number of benzene rings is 2. The molecular weight excluding hydrogens is 668 g/mol. The summed E-state index contributed by atoms with van der Waals surface area (Å²) in [5.74, 6) is 0.988. The van der Waals surface area contributed by atoms with E-state index in [1.54, 1.807) is 13.3 Å². The number of rotatable bonds is 10. The molecule has 7 rings (SSSR count). The van der Waals surface area contributed by atoms with E-state index in [9.17, 15) is 15.2 Å². The van der Waals surface area contributed by atoms with Crippen LogP contribution in [0.25, 0.3) is 44.7 Å². The van der Waals surface area contributed by atoms with E-state index in [0.29, 0.717) is 59.8 Å². The zero-order valence-electron chi connectivity index (χ0n) is 30.8. The van der Waals surface area contributed by atoms with Crippen molar-refractivity contribution in [2.45, 2.75) is 52.3 Å². The van der Waals surface area contributed by atoms with E-state index in [4.69, 9.17) is 24.3 Å². The van der Waals surface area contributed by atoms with E-state index >= 15 is 0 Å². The lowest BCUT2D eigenvalue weighted by atomic mass is 9.90. The first-order valence-electron chi connectivity index (χ1n) is 18.3. The number of hydrogen-bond acceptors (Lipinski definition) is 10. The summed E-state index contributed by atoms with van der Waals surface area (Å²) >= 11 is 0. The van der Waals surface area contributed by atoms with Gasteiger partial charge in [0.15, 0.2) is 5.58 Å². The maximum Gasteiger partial charge on any atom is 0.308 e. The highest BCUT2D eigenvalue weighted by molar-refractivity contribution is 5.88. The third-order valence-corrected chi connectivity index (χ3v) is 11.0. The molecule has 0 unspecified atom stereocenters. The number of likely N-dealkylation sites (tertiary alicyclic amines) is 2. The van der Waals surface area contributed by atoms with Crippen LogP contribution in [0, 0.1) is 36.5 Å². The molecule has 11 nitrogen and oxygen atoms in total. The minimum Gasteiger partial charge on any atom is -0.481 e. The van der Waals surface area contributed by atoms with E-state index in [1.807, 2.05) is 34.9 Å². The average Bonchev–Trinajstić information content (AvgIpc) is 3.81. The smallest absolute Gasteiger partial charge is 0.308 e. The van der Waals surface area contributed by atoms with Gasteiger partial charge in [-0.3, -0.25) is 15.1 Å². The van der Waals surface area contributed by atoms with Gasteiger partial charge in [0.2, 0.25) is 5.88 Å². The zero-order valence-corrected chi connectivity index (χ0v) is 30.8. The first-order valence-corrected chi connectivity index (χ1v) is 18.3. The Morgan fingerprint density at radius 2 is 1.64 bits per heavy atom. The molecule has 0 aliphatic carbocycles. The van der Waals surface area contributed by atoms with Crippen molar-refractivity contribution in [1.82, 2.24) is 19.4 Å². The molecule has 274 valence electrons. The highest BCUT2D eigenvalue weighted by atomic mass is 16.5. The third kappa shape index (κ3) is 7.22. The van der Waals surface area contributed by atoms with Crippen LogP contribution in [0.4, 0.5) is 0 Å². The largest absolute Gasteiger partial charge is 0.481 e. The lowest BCUT2D eigenvalue weighted by molar-refractivity contribution is -0.147. The fourth-order valence-electron chi connectivity index (χ4n) is 7.91. The van der Waals surface area contributed by atoms with Gasteiger partial charge in [0.05, 0.1) is 37.3 Å². The first kappa shape index (κ1) is 36.1. The number of aliphatic hydroxyl groups excluding tert-OH is 1. The second kappa shape index (κ2) is 15.4. The number of nitriles is 1. The van der Waals surface area contributed by atoms with Crippen molar-refractivity contribution in [3.05, 3.63) is 88.5 Å². The molecule has 2 fully saturated rings. The van der Waals surface area contributed by atoms with Crippen molar-refractivity contribution in [1.29, 1.82) is 10.7 Å². The standard InChI is InChI=1S/C42H46N6O5/c1-26-32(7-5-9-34(26)37-12-11-29(41(45-37)51-3)23-47-18-15-31(49)25-47)33-8-6-10-35(27(33)2)38-21-36-39(53-38)30(22-43)24-48(40(36)44)20-19-46-16-13-28(14-17-46)42(50)52-4/h5-12,21,24,28,31,44,49H,13-20,23,25H2,1-4H3/t31-/m1/s1. The Labute approximate surface area is 309 Å². The van der Waals surface area contributed by atoms with Crippen LogP contribution in [0.1, 0.15) is 41.5 Å². The number of methoxy groups -OCH3 is 2. The number of aromatic nitrogens is 2. The van der Waals surface area contributed by atoms with E-state index < -0.39 is 0 Å². The molecule has 0 saturated carbocycles. The number of pyridine rings is 2. The highest BCUT2D eigenvalue weighted by Gasteiger charge is 2.26. The lowest BCUT2D eigenvalue weighted by Gasteiger charge is -2.30. The van der Waals surface area contributed by atoms with Gasteiger partial charge in [-0.15, -0.1) is 0 Å². The Morgan fingerprint density at radius 3 is 2.30 bits per heavy atom. The number of furan rings is 1. The van der Waals surface area contributed by atoms with Crippen LogP contribution in [-0.4, -0.2) is 83.5 Å². The molecule has 2 aliphatic rings. The molecular formula is C42H46N6O5. The Hall–Kier alpha value is -5.28. The van der Waals surface area contributed by atoms with Gasteiger partial charge in [-0.25, -0.2) is 4.98 Å². The van der Waals surface area contributed by atoms with Gasteiger partial charge in [-0.1, -0.05) is 42.5 Å². The molecule has 5 aromatic rings. The lowest BCUT2D eigenvalue weighted by Crippen LogP contribution is -2.39. The normalized spacial score (nSPS) is 16.9. The minimum absolute atomic E-state index is 0.0583. The summed E-state index contributed by atoms with van der Waals surface area (Å²) in [7, 11) is 3.08. The zero-order chi connectivity index (χ0) is 37.2. The van der Waals surface area contributed by atoms with Crippen LogP contribution in [0.2, 0.25) is 0 Å². The number of nitrogens with one attached hydrogen (secondary N) is 1. The SMILES string of the molecule is COC(=O)C1CCN(CCn2cc(C#N)c3oc(-c4cccc(-c5cccc(-c6ccc(CN7CC[C@@H](O)C7)c(OC)n6)c5C)c4C)cc3c2=N)CC1. The molecule has 3 aromatic heterocycles. The molecule has 5 heterocycles. The Kier molecular flexibility index (Phi) is 10.5. The molecule has 2 N–H and O–H groups in total. The maximum atomic E-state index is 11.9. The van der Waals surface area contributed by atoms with Gasteiger partial charge >= 0.3 is 5.97 Å². The Morgan fingerprint density at radius 1 is 0.962 bits per heavy atom. The van der Waals surface area contributed by atoms with Gasteiger partial charge in [0.1, 0.15) is 22.9 Å². The second-order valence-corrected chi connectivity index (χ2v) is 14.2. The van der Waals surface area contributed by atoms with Gasteiger partial charge < -0.3 is 28.5 Å². The van der Waals surface area contributed by atoms with Crippen LogP contribution in [0.5, 0.6) is 5.88 Å². The number of fused-ring (bicyclic) bond motifs is 1. The van der Waals surface area contributed by atoms with Gasteiger partial charge in [0.25, 0.3) is 0 Å². The second-order valence-electron chi connectivity index (χ2n) is 14.2. The summed E-state index contributed by atoms with van der Waals surface area (Å²) < 4.78 is 18.9. The number of β-amino-alcohol motifs (C(OH)–C–C–N with tert-alkyl or cyclic N) is 1. The first-order chi connectivity index (χ1) is 25.7. The van der Waals surface area contributed by atoms with Gasteiger partial charge in [-0.05, 0) is 80.6 Å². The molecule has 2 saturated heterocycles. The van der Waals surface area contributed by atoms with Crippen molar-refractivity contribution in [3.63, 3.8) is 0 Å². The van der Waals surface area contributed by atoms with Crippen LogP contribution in [-0.2, 0) is 22.6 Å². The summed E-state index contributed by atoms with van der Waals surface area (Å²) in [5.41, 5.74) is 9.03. The third-order valence-electron chi connectivity index (χ3n) is 11.0. The van der Waals surface area contributed by atoms with E-state index in [-0.39, 0.29) is 18.0 Å². The summed E-state index contributed by atoms with van der Waals surface area (Å²) in [4.78, 5) is 21.4. The fraction of sp³-hybridized carbons (Fsp3) is 0.381. The molecule has 11 heteroatoms. The summed E-state index contributed by atoms with van der Waals surface area (Å²) in [5, 5.41) is 29.8. The van der Waals surface area contributed by atoms with Crippen molar-refractivity contribution in [2.75, 3.05) is 46.9 Å². The molecule has 53 heavy (non-hydrogen) atoms. The molecule has 0 bridgehead atoms. The molecule has 2 aromatic carbocycles. The number of nitrogens with zero attached hydrogens (tertiary/aromatic N) is 5. The van der Waals surface area contributed by atoms with Crippen molar-refractivity contribution in [2.24, 2.45) is 5.92 Å². The Bertz CT molecular complexity index is 2260. The van der Waals surface area contributed by atoms with Crippen LogP contribution in [0.15, 0.2) is 65.2 Å². The Balaban J connectivity index is 1.16. The van der Waals surface area contributed by atoms with Crippen LogP contribution in [0.3, 0.4) is 0 Å². The van der Waals surface area contributed by atoms with E-state index in [2.05, 4.69) is 54.0 Å². The number of esters is 1. The molecule has 0 spiro atoms. The highest BCUT2D eigenvalue weighted by Crippen LogP contribution is 2.38. The predicted molar refractivity (Wildman–Crippen MR) is 202 cm³/mol. The number of carbonyl (C=O) groups excluding carboxylic acids is 1. The summed E-state index contributed by atoms with van der Waals surface area (Å²) in [6.07, 6.45) is 3.72. The molecule has 1 atom stereocenters. The van der Waals surface area contributed by atoms with Gasteiger partial charge in [-0.2, -0.15) is 5.26 Å². The van der Waals surface area contributed by atoms with Crippen molar-refractivity contribution >= 4 is 16.9 Å². The number of aliphatic hydroxyl groups is 1. The monoisotopic (exact) mass is 714 g/mol. The molecule has 0 amide bonds. The van der Waals surface area contributed by atoms with Crippen LogP contribution >= 0.6 is 0 Å². The predicted octanol–water partition coefficient (Wildman–Crippen LogP) is 6.06. The number of carbonyl (C=O) groups is 1. The molecule has 2 aliphatic heterocycles. The number of hydrogen-bond donors (Lipinski definition) is 2. The van der Waals surface area contributed by atoms with Crippen LogP contribution < -0.4 is 10.2 Å². The number of ether oxygens (including phenoxy) is 2. The molecule has 0 radical (unpaired) electrons. The topological polar surface area (TPSA) is 141 Å². The number of piperidine rings is 1. The minimum atomic E-state index is -0.282. The maximum absolute atomic E-state index is 11.9. The van der Waals surface area contributed by atoms with E-state index in [0.717, 1.165) is 83.5 Å².